The highest BCUT2D eigenvalue weighted by Crippen LogP contribution is 2.48. The van der Waals surface area contributed by atoms with E-state index in [0.29, 0.717) is 46.1 Å². The summed E-state index contributed by atoms with van der Waals surface area (Å²) in [5.41, 5.74) is 4.09. The molecule has 0 saturated heterocycles. The van der Waals surface area contributed by atoms with Crippen molar-refractivity contribution >= 4 is 27.7 Å². The molecule has 2 N–H and O–H groups in total. The number of carbonyl (C=O) groups is 2. The molecule has 0 aromatic heterocycles. The van der Waals surface area contributed by atoms with Gasteiger partial charge in [0.2, 0.25) is 0 Å². The molecule has 0 amide bonds. The Morgan fingerprint density at radius 2 is 1.83 bits per heavy atom. The number of hydrogen-bond donors (Lipinski definition) is 2. The zero-order chi connectivity index (χ0) is 26.0. The van der Waals surface area contributed by atoms with Crippen molar-refractivity contribution in [1.82, 2.24) is 5.32 Å². The largest absolute Gasteiger partial charge is 0.503 e. The van der Waals surface area contributed by atoms with Crippen LogP contribution in [-0.2, 0) is 14.3 Å². The highest BCUT2D eigenvalue weighted by molar-refractivity contribution is 9.10. The summed E-state index contributed by atoms with van der Waals surface area (Å²) < 4.78 is 16.6. The smallest absolute Gasteiger partial charge is 0.336 e. The predicted molar refractivity (Wildman–Crippen MR) is 139 cm³/mol. The first kappa shape index (κ1) is 25.8. The molecule has 0 spiro atoms. The molecule has 2 aromatic carbocycles. The number of halogens is 1. The minimum atomic E-state index is -0.652. The van der Waals surface area contributed by atoms with Gasteiger partial charge in [0, 0.05) is 29.3 Å². The van der Waals surface area contributed by atoms with Crippen LogP contribution in [0.5, 0.6) is 17.2 Å². The number of Topliss-reactive ketones (excluding diaryl/α,β-unsaturated/α-hetero) is 1. The third-order valence-corrected chi connectivity index (χ3v) is 7.28. The van der Waals surface area contributed by atoms with E-state index >= 15 is 0 Å². The van der Waals surface area contributed by atoms with Gasteiger partial charge < -0.3 is 24.6 Å². The number of methoxy groups -OCH3 is 2. The first-order valence-corrected chi connectivity index (χ1v) is 12.7. The Balaban J connectivity index is 1.81. The summed E-state index contributed by atoms with van der Waals surface area (Å²) in [7, 11) is 3.08. The lowest BCUT2D eigenvalue weighted by atomic mass is 9.71. The van der Waals surface area contributed by atoms with Crippen LogP contribution in [0.4, 0.5) is 0 Å². The fourth-order valence-corrected chi connectivity index (χ4v) is 5.40. The highest BCUT2D eigenvalue weighted by atomic mass is 79.9. The Kier molecular flexibility index (Phi) is 7.73. The normalized spacial score (nSPS) is 19.5. The Bertz CT molecular complexity index is 1250. The van der Waals surface area contributed by atoms with Crippen LogP contribution in [0.3, 0.4) is 0 Å². The molecule has 4 rings (SSSR count). The molecule has 1 aliphatic heterocycles. The average molecular weight is 556 g/mol. The fourth-order valence-electron chi connectivity index (χ4n) is 4.94. The maximum Gasteiger partial charge on any atom is 0.336 e. The van der Waals surface area contributed by atoms with Crippen molar-refractivity contribution in [2.24, 2.45) is 0 Å². The van der Waals surface area contributed by atoms with Gasteiger partial charge in [-0.1, -0.05) is 19.1 Å². The molecule has 0 radical (unpaired) electrons. The molecule has 2 atom stereocenters. The first-order chi connectivity index (χ1) is 17.3. The van der Waals surface area contributed by atoms with Gasteiger partial charge >= 0.3 is 5.97 Å². The van der Waals surface area contributed by atoms with E-state index in [2.05, 4.69) is 21.2 Å². The van der Waals surface area contributed by atoms with Crippen molar-refractivity contribution in [2.75, 3.05) is 20.8 Å². The van der Waals surface area contributed by atoms with Gasteiger partial charge in [-0.05, 0) is 77.0 Å². The van der Waals surface area contributed by atoms with E-state index in [-0.39, 0.29) is 29.8 Å². The Morgan fingerprint density at radius 1 is 1.11 bits per heavy atom. The second-order valence-electron chi connectivity index (χ2n) is 8.98. The number of carbonyl (C=O) groups excluding carboxylic acids is 2. The zero-order valence-electron chi connectivity index (χ0n) is 20.8. The minimum absolute atomic E-state index is 0.00205. The van der Waals surface area contributed by atoms with E-state index in [4.69, 9.17) is 14.2 Å². The number of phenols is 1. The molecule has 7 nitrogen and oxygen atoms in total. The number of nitrogens with one attached hydrogen (secondary N) is 1. The third kappa shape index (κ3) is 4.87. The molecule has 1 aliphatic carbocycles. The minimum Gasteiger partial charge on any atom is -0.503 e. The summed E-state index contributed by atoms with van der Waals surface area (Å²) in [6, 6.07) is 11.2. The number of esters is 1. The van der Waals surface area contributed by atoms with Crippen molar-refractivity contribution in [1.29, 1.82) is 0 Å². The summed E-state index contributed by atoms with van der Waals surface area (Å²) in [6.45, 7) is 4.04. The first-order valence-electron chi connectivity index (χ1n) is 11.9. The van der Waals surface area contributed by atoms with Gasteiger partial charge in [0.05, 0.1) is 30.9 Å². The maximum absolute atomic E-state index is 13.7. The monoisotopic (exact) mass is 555 g/mol. The van der Waals surface area contributed by atoms with Gasteiger partial charge in [0.15, 0.2) is 17.3 Å². The van der Waals surface area contributed by atoms with Crippen LogP contribution < -0.4 is 14.8 Å². The molecule has 2 aromatic rings. The number of ketones is 1. The van der Waals surface area contributed by atoms with Crippen molar-refractivity contribution in [3.63, 3.8) is 0 Å². The number of allylic oxidation sites excluding steroid dienone is 3. The quantitative estimate of drug-likeness (QED) is 0.436. The van der Waals surface area contributed by atoms with Gasteiger partial charge in [-0.15, -0.1) is 0 Å². The number of dihydropyridines is 1. The SMILES string of the molecule is CCCOC(=O)C1=C(C)NC2=C(C(=O)C[C@H](c3ccc(OC)cc3)C2)[C@H]1c1cc(Br)c(O)c(OC)c1. The Hall–Kier alpha value is -3.26. The molecule has 1 heterocycles. The van der Waals surface area contributed by atoms with Crippen molar-refractivity contribution in [3.05, 3.63) is 74.5 Å². The van der Waals surface area contributed by atoms with Gasteiger partial charge in [0.1, 0.15) is 5.75 Å². The van der Waals surface area contributed by atoms with Crippen LogP contribution in [0.2, 0.25) is 0 Å². The molecule has 36 heavy (non-hydrogen) atoms. The summed E-state index contributed by atoms with van der Waals surface area (Å²) in [6.07, 6.45) is 1.62. The molecular formula is C28H30BrNO6. The summed E-state index contributed by atoms with van der Waals surface area (Å²) in [5, 5.41) is 13.7. The van der Waals surface area contributed by atoms with Gasteiger partial charge in [0.25, 0.3) is 0 Å². The maximum atomic E-state index is 13.7. The molecule has 0 bridgehead atoms. The molecule has 0 fully saturated rings. The lowest BCUT2D eigenvalue weighted by Crippen LogP contribution is -2.36. The van der Waals surface area contributed by atoms with E-state index in [9.17, 15) is 14.7 Å². The van der Waals surface area contributed by atoms with Crippen molar-refractivity contribution in [2.45, 2.75) is 44.9 Å². The predicted octanol–water partition coefficient (Wildman–Crippen LogP) is 5.49. The van der Waals surface area contributed by atoms with Gasteiger partial charge in [-0.2, -0.15) is 0 Å². The molecular weight excluding hydrogens is 526 g/mol. The van der Waals surface area contributed by atoms with E-state index in [0.717, 1.165) is 17.0 Å². The fraction of sp³-hybridized carbons (Fsp3) is 0.357. The third-order valence-electron chi connectivity index (χ3n) is 6.68. The number of hydrogen-bond acceptors (Lipinski definition) is 7. The van der Waals surface area contributed by atoms with Gasteiger partial charge in [-0.25, -0.2) is 4.79 Å². The van der Waals surface area contributed by atoms with Crippen molar-refractivity contribution < 1.29 is 28.9 Å². The van der Waals surface area contributed by atoms with Crippen LogP contribution in [0.15, 0.2) is 63.4 Å². The second-order valence-corrected chi connectivity index (χ2v) is 9.83. The van der Waals surface area contributed by atoms with Crippen LogP contribution in [0, 0.1) is 0 Å². The van der Waals surface area contributed by atoms with Gasteiger partial charge in [-0.3, -0.25) is 4.79 Å². The van der Waals surface area contributed by atoms with E-state index in [1.54, 1.807) is 19.2 Å². The lowest BCUT2D eigenvalue weighted by Gasteiger charge is -2.37. The summed E-state index contributed by atoms with van der Waals surface area (Å²) in [5.74, 6) is -0.193. The van der Waals surface area contributed by atoms with Crippen LogP contribution in [-0.4, -0.2) is 37.7 Å². The Labute approximate surface area is 219 Å². The zero-order valence-corrected chi connectivity index (χ0v) is 22.4. The number of ether oxygens (including phenoxy) is 3. The number of phenolic OH excluding ortho intramolecular Hbond substituents is 1. The highest BCUT2D eigenvalue weighted by Gasteiger charge is 2.42. The summed E-state index contributed by atoms with van der Waals surface area (Å²) >= 11 is 3.38. The van der Waals surface area contributed by atoms with Crippen LogP contribution in [0.25, 0.3) is 0 Å². The van der Waals surface area contributed by atoms with Crippen LogP contribution in [0.1, 0.15) is 56.1 Å². The van der Waals surface area contributed by atoms with E-state index in [1.165, 1.54) is 7.11 Å². The second kappa shape index (κ2) is 10.8. The standard InChI is InChI=1S/C28H30BrNO6/c1-5-10-36-28(33)24-15(2)30-21-12-17(16-6-8-19(34-3)9-7-16)13-22(31)26(21)25(24)18-11-20(29)27(32)23(14-18)35-4/h6-9,11,14,17,25,30,32H,5,10,12-13H2,1-4H3/t17-,25+/m1/s1. The molecule has 190 valence electrons. The molecule has 0 saturated carbocycles. The number of rotatable bonds is 7. The average Bonchev–Trinajstić information content (AvgIpc) is 2.87. The van der Waals surface area contributed by atoms with Crippen LogP contribution >= 0.6 is 15.9 Å². The molecule has 2 aliphatic rings. The number of aromatic hydroxyl groups is 1. The molecule has 0 unspecified atom stereocenters. The lowest BCUT2D eigenvalue weighted by molar-refractivity contribution is -0.139. The Morgan fingerprint density at radius 3 is 2.47 bits per heavy atom. The topological polar surface area (TPSA) is 94.1 Å². The number of benzene rings is 2. The van der Waals surface area contributed by atoms with E-state index < -0.39 is 11.9 Å². The molecule has 8 heteroatoms. The van der Waals surface area contributed by atoms with Crippen molar-refractivity contribution in [3.8, 4) is 17.2 Å². The summed E-state index contributed by atoms with van der Waals surface area (Å²) in [4.78, 5) is 27.0. The van der Waals surface area contributed by atoms with E-state index in [1.807, 2.05) is 38.1 Å².